The van der Waals surface area contributed by atoms with Gasteiger partial charge in [0, 0.05) is 21.6 Å². The minimum Gasteiger partial charge on any atom is -0.325 e. The Morgan fingerprint density at radius 1 is 0.741 bits per heavy atom. The molecule has 5 heteroatoms. The zero-order valence-corrected chi connectivity index (χ0v) is 15.1. The van der Waals surface area contributed by atoms with Crippen molar-refractivity contribution in [2.75, 3.05) is 11.1 Å². The summed E-state index contributed by atoms with van der Waals surface area (Å²) in [5.41, 5.74) is 1.74. The highest BCUT2D eigenvalue weighted by Gasteiger charge is 2.31. The van der Waals surface area contributed by atoms with Crippen LogP contribution < -0.4 is 5.32 Å². The molecule has 132 valence electrons. The number of ketones is 2. The molecule has 4 nitrogen and oxygen atoms in total. The number of anilines is 1. The summed E-state index contributed by atoms with van der Waals surface area (Å²) in [5.74, 6) is -0.454. The van der Waals surface area contributed by atoms with Crippen LogP contribution >= 0.6 is 11.8 Å². The van der Waals surface area contributed by atoms with Crippen molar-refractivity contribution in [1.82, 2.24) is 0 Å². The van der Waals surface area contributed by atoms with Gasteiger partial charge in [0.1, 0.15) is 0 Å². The molecule has 3 aromatic rings. The van der Waals surface area contributed by atoms with Gasteiger partial charge in [-0.25, -0.2) is 0 Å². The molecule has 0 heterocycles. The molecule has 27 heavy (non-hydrogen) atoms. The Morgan fingerprint density at radius 3 is 2.11 bits per heavy atom. The minimum atomic E-state index is -0.244. The van der Waals surface area contributed by atoms with Crippen molar-refractivity contribution in [3.63, 3.8) is 0 Å². The minimum absolute atomic E-state index is 0.199. The van der Waals surface area contributed by atoms with Gasteiger partial charge in [-0.2, -0.15) is 0 Å². The Bertz CT molecular complexity index is 1060. The normalized spacial score (nSPS) is 12.3. The van der Waals surface area contributed by atoms with Crippen LogP contribution in [0.1, 0.15) is 31.8 Å². The topological polar surface area (TPSA) is 63.2 Å². The fraction of sp³-hybridized carbons (Fsp3) is 0.0455. The van der Waals surface area contributed by atoms with E-state index in [-0.39, 0.29) is 28.8 Å². The van der Waals surface area contributed by atoms with Gasteiger partial charge in [-0.1, -0.05) is 54.6 Å². The van der Waals surface area contributed by atoms with Crippen LogP contribution in [-0.2, 0) is 4.79 Å². The lowest BCUT2D eigenvalue weighted by Crippen LogP contribution is -2.24. The van der Waals surface area contributed by atoms with Crippen molar-refractivity contribution in [1.29, 1.82) is 0 Å². The second kappa shape index (κ2) is 7.21. The molecule has 0 fully saturated rings. The quantitative estimate of drug-likeness (QED) is 0.545. The van der Waals surface area contributed by atoms with Crippen molar-refractivity contribution < 1.29 is 14.4 Å². The molecule has 1 amide bonds. The lowest BCUT2D eigenvalue weighted by atomic mass is 9.83. The van der Waals surface area contributed by atoms with Crippen molar-refractivity contribution in [3.05, 3.63) is 95.1 Å². The van der Waals surface area contributed by atoms with Crippen molar-refractivity contribution in [2.45, 2.75) is 4.90 Å². The standard InChI is InChI=1S/C22H15NO3S/c24-19(13-27-14-7-2-1-3-8-14)23-18-12-6-11-17-20(18)22(26)16-10-5-4-9-15(16)21(17)25/h1-12H,13H2,(H,23,24). The lowest BCUT2D eigenvalue weighted by Gasteiger charge is -2.20. The zero-order valence-electron chi connectivity index (χ0n) is 14.3. The average Bonchev–Trinajstić information content (AvgIpc) is 2.71. The SMILES string of the molecule is O=C(CSc1ccccc1)Nc1cccc2c1C(=O)c1ccccc1C2=O. The number of nitrogens with one attached hydrogen (secondary N) is 1. The number of fused-ring (bicyclic) bond motifs is 2. The van der Waals surface area contributed by atoms with Gasteiger partial charge in [-0.05, 0) is 18.2 Å². The van der Waals surface area contributed by atoms with Crippen molar-refractivity contribution in [3.8, 4) is 0 Å². The van der Waals surface area contributed by atoms with E-state index < -0.39 is 0 Å². The van der Waals surface area contributed by atoms with Crippen LogP contribution in [-0.4, -0.2) is 23.2 Å². The Balaban J connectivity index is 1.59. The van der Waals surface area contributed by atoms with E-state index >= 15 is 0 Å². The van der Waals surface area contributed by atoms with E-state index in [0.717, 1.165) is 4.90 Å². The molecule has 0 spiro atoms. The van der Waals surface area contributed by atoms with Crippen LogP contribution in [0.25, 0.3) is 0 Å². The second-order valence-electron chi connectivity index (χ2n) is 6.08. The molecule has 0 saturated heterocycles. The number of carbonyl (C=O) groups is 3. The molecule has 0 saturated carbocycles. The molecule has 0 radical (unpaired) electrons. The summed E-state index contributed by atoms with van der Waals surface area (Å²) >= 11 is 1.41. The molecular weight excluding hydrogens is 358 g/mol. The van der Waals surface area contributed by atoms with E-state index in [4.69, 9.17) is 0 Å². The Hall–Kier alpha value is -3.18. The largest absolute Gasteiger partial charge is 0.325 e. The summed E-state index contributed by atoms with van der Waals surface area (Å²) < 4.78 is 0. The molecule has 1 N–H and O–H groups in total. The van der Waals surface area contributed by atoms with Crippen molar-refractivity contribution >= 4 is 34.9 Å². The van der Waals surface area contributed by atoms with E-state index in [0.29, 0.717) is 22.4 Å². The van der Waals surface area contributed by atoms with Gasteiger partial charge < -0.3 is 5.32 Å². The molecule has 3 aromatic carbocycles. The first-order valence-electron chi connectivity index (χ1n) is 8.44. The molecule has 0 unspecified atom stereocenters. The maximum atomic E-state index is 12.9. The van der Waals surface area contributed by atoms with Crippen LogP contribution in [0, 0.1) is 0 Å². The predicted molar refractivity (Wildman–Crippen MR) is 106 cm³/mol. The van der Waals surface area contributed by atoms with Gasteiger partial charge in [0.05, 0.1) is 17.0 Å². The number of rotatable bonds is 4. The Labute approximate surface area is 160 Å². The molecule has 0 bridgehead atoms. The molecule has 1 aliphatic rings. The Kier molecular flexibility index (Phi) is 4.60. The smallest absolute Gasteiger partial charge is 0.234 e. The van der Waals surface area contributed by atoms with E-state index in [1.165, 1.54) is 11.8 Å². The maximum Gasteiger partial charge on any atom is 0.234 e. The van der Waals surface area contributed by atoms with Gasteiger partial charge in [0.2, 0.25) is 5.91 Å². The molecule has 0 aromatic heterocycles. The van der Waals surface area contributed by atoms with Gasteiger partial charge in [0.15, 0.2) is 11.6 Å². The number of thioether (sulfide) groups is 1. The number of hydrogen-bond acceptors (Lipinski definition) is 4. The third-order valence-electron chi connectivity index (χ3n) is 4.34. The second-order valence-corrected chi connectivity index (χ2v) is 7.13. The first-order valence-corrected chi connectivity index (χ1v) is 9.43. The van der Waals surface area contributed by atoms with Crippen molar-refractivity contribution in [2.24, 2.45) is 0 Å². The van der Waals surface area contributed by atoms with E-state index in [1.54, 1.807) is 42.5 Å². The lowest BCUT2D eigenvalue weighted by molar-refractivity contribution is -0.113. The summed E-state index contributed by atoms with van der Waals surface area (Å²) in [6.45, 7) is 0. The molecule has 0 atom stereocenters. The third-order valence-corrected chi connectivity index (χ3v) is 5.35. The Morgan fingerprint density at radius 2 is 1.37 bits per heavy atom. The monoisotopic (exact) mass is 373 g/mol. The first kappa shape index (κ1) is 17.2. The average molecular weight is 373 g/mol. The summed E-state index contributed by atoms with van der Waals surface area (Å²) in [4.78, 5) is 39.0. The zero-order chi connectivity index (χ0) is 18.8. The fourth-order valence-corrected chi connectivity index (χ4v) is 3.82. The number of carbonyl (C=O) groups excluding carboxylic acids is 3. The highest BCUT2D eigenvalue weighted by Crippen LogP contribution is 2.32. The van der Waals surface area contributed by atoms with E-state index in [9.17, 15) is 14.4 Å². The predicted octanol–water partition coefficient (Wildman–Crippen LogP) is 4.19. The van der Waals surface area contributed by atoms with Crippen LogP contribution in [0.5, 0.6) is 0 Å². The highest BCUT2D eigenvalue weighted by molar-refractivity contribution is 8.00. The number of amides is 1. The van der Waals surface area contributed by atoms with Crippen LogP contribution in [0.4, 0.5) is 5.69 Å². The van der Waals surface area contributed by atoms with Crippen LogP contribution in [0.15, 0.2) is 77.7 Å². The van der Waals surface area contributed by atoms with E-state index in [2.05, 4.69) is 5.32 Å². The van der Waals surface area contributed by atoms with Crippen LogP contribution in [0.3, 0.4) is 0 Å². The summed E-state index contributed by atoms with van der Waals surface area (Å²) in [5, 5.41) is 2.79. The van der Waals surface area contributed by atoms with Gasteiger partial charge >= 0.3 is 0 Å². The highest BCUT2D eigenvalue weighted by atomic mass is 32.2. The fourth-order valence-electron chi connectivity index (χ4n) is 3.10. The molecule has 1 aliphatic carbocycles. The third kappa shape index (κ3) is 3.29. The molecule has 0 aliphatic heterocycles. The van der Waals surface area contributed by atoms with Gasteiger partial charge in [-0.3, -0.25) is 14.4 Å². The maximum absolute atomic E-state index is 12.9. The molecular formula is C22H15NO3S. The summed E-state index contributed by atoms with van der Waals surface area (Å²) in [6, 6.07) is 21.3. The van der Waals surface area contributed by atoms with Gasteiger partial charge in [0.25, 0.3) is 0 Å². The number of hydrogen-bond donors (Lipinski definition) is 1. The van der Waals surface area contributed by atoms with Crippen LogP contribution in [0.2, 0.25) is 0 Å². The number of benzene rings is 3. The van der Waals surface area contributed by atoms with Gasteiger partial charge in [-0.15, -0.1) is 11.8 Å². The first-order chi connectivity index (χ1) is 13.1. The molecule has 4 rings (SSSR count). The van der Waals surface area contributed by atoms with E-state index in [1.807, 2.05) is 30.3 Å². The summed E-state index contributed by atoms with van der Waals surface area (Å²) in [6.07, 6.45) is 0. The summed E-state index contributed by atoms with van der Waals surface area (Å²) in [7, 11) is 0.